The number of β-lactam (4-membered cyclic amide) rings is 1. The molecule has 0 saturated carbocycles. The van der Waals surface area contributed by atoms with Crippen molar-refractivity contribution in [2.75, 3.05) is 0 Å². The maximum atomic E-state index is 11.9. The number of carboxylic acids is 1. The van der Waals surface area contributed by atoms with Crippen LogP contribution in [0, 0.1) is 5.92 Å². The highest BCUT2D eigenvalue weighted by molar-refractivity contribution is 8.03. The van der Waals surface area contributed by atoms with Gasteiger partial charge >= 0.3 is 5.97 Å². The number of amides is 1. The van der Waals surface area contributed by atoms with Crippen molar-refractivity contribution in [2.45, 2.75) is 44.6 Å². The van der Waals surface area contributed by atoms with E-state index < -0.39 is 18.0 Å². The topological polar surface area (TPSA) is 77.8 Å². The standard InChI is InChI=1S/C12H17NO4S/c1-5(2)18-8-4-7-9(6(3)14)11(15)13(7)10(8)12(16)17/h5-7,9,14H,4H2,1-3H3,(H,16,17). The first-order valence-electron chi connectivity index (χ1n) is 5.98. The van der Waals surface area contributed by atoms with Gasteiger partial charge < -0.3 is 15.1 Å². The number of rotatable bonds is 4. The Hall–Kier alpha value is -1.01. The van der Waals surface area contributed by atoms with Crippen LogP contribution in [0.1, 0.15) is 27.2 Å². The highest BCUT2D eigenvalue weighted by atomic mass is 32.2. The molecule has 0 radical (unpaired) electrons. The molecule has 6 heteroatoms. The quantitative estimate of drug-likeness (QED) is 0.747. The van der Waals surface area contributed by atoms with Crippen molar-refractivity contribution in [3.05, 3.63) is 10.6 Å². The number of hydrogen-bond acceptors (Lipinski definition) is 4. The molecule has 2 rings (SSSR count). The minimum absolute atomic E-state index is 0.112. The molecule has 3 atom stereocenters. The average Bonchev–Trinajstić information content (AvgIpc) is 2.51. The monoisotopic (exact) mass is 271 g/mol. The van der Waals surface area contributed by atoms with Crippen molar-refractivity contribution in [1.82, 2.24) is 4.90 Å². The number of aliphatic hydroxyl groups excluding tert-OH is 1. The number of aliphatic hydroxyl groups is 1. The Bertz CT molecular complexity index is 430. The number of hydrogen-bond donors (Lipinski definition) is 2. The van der Waals surface area contributed by atoms with Crippen LogP contribution in [0.25, 0.3) is 0 Å². The summed E-state index contributed by atoms with van der Waals surface area (Å²) in [7, 11) is 0. The number of carbonyl (C=O) groups excluding carboxylic acids is 1. The van der Waals surface area contributed by atoms with Crippen LogP contribution >= 0.6 is 11.8 Å². The molecule has 2 heterocycles. The normalized spacial score (nSPS) is 28.5. The highest BCUT2D eigenvalue weighted by Gasteiger charge is 2.56. The molecule has 1 amide bonds. The Morgan fingerprint density at radius 2 is 2.06 bits per heavy atom. The maximum Gasteiger partial charge on any atom is 0.353 e. The van der Waals surface area contributed by atoms with Crippen molar-refractivity contribution in [2.24, 2.45) is 5.92 Å². The predicted molar refractivity (Wildman–Crippen MR) is 67.8 cm³/mol. The van der Waals surface area contributed by atoms with E-state index in [9.17, 15) is 19.8 Å². The van der Waals surface area contributed by atoms with Gasteiger partial charge in [0.15, 0.2) is 0 Å². The second-order valence-corrected chi connectivity index (χ2v) is 6.66. The minimum Gasteiger partial charge on any atom is -0.477 e. The van der Waals surface area contributed by atoms with Crippen LogP contribution < -0.4 is 0 Å². The lowest BCUT2D eigenvalue weighted by molar-refractivity contribution is -0.161. The lowest BCUT2D eigenvalue weighted by Crippen LogP contribution is -2.61. The Balaban J connectivity index is 2.27. The Morgan fingerprint density at radius 1 is 1.44 bits per heavy atom. The first-order valence-corrected chi connectivity index (χ1v) is 6.86. The van der Waals surface area contributed by atoms with E-state index in [0.29, 0.717) is 6.42 Å². The van der Waals surface area contributed by atoms with E-state index in [-0.39, 0.29) is 22.9 Å². The SMILES string of the molecule is CC(C)SC1=C(C(=O)O)N2C(=O)C(C(C)O)C2C1. The third-order valence-electron chi connectivity index (χ3n) is 3.27. The lowest BCUT2D eigenvalue weighted by atomic mass is 9.83. The molecule has 100 valence electrons. The van der Waals surface area contributed by atoms with E-state index in [0.717, 1.165) is 4.91 Å². The first kappa shape index (κ1) is 13.4. The van der Waals surface area contributed by atoms with Gasteiger partial charge in [-0.3, -0.25) is 4.79 Å². The number of fused-ring (bicyclic) bond motifs is 1. The first-order chi connectivity index (χ1) is 8.34. The molecule has 0 bridgehead atoms. The van der Waals surface area contributed by atoms with E-state index in [1.54, 1.807) is 6.92 Å². The second-order valence-electron chi connectivity index (χ2n) is 4.99. The molecular formula is C12H17NO4S. The van der Waals surface area contributed by atoms with Crippen LogP contribution in [0.4, 0.5) is 0 Å². The molecule has 18 heavy (non-hydrogen) atoms. The molecule has 0 spiro atoms. The predicted octanol–water partition coefficient (Wildman–Crippen LogP) is 1.04. The fourth-order valence-corrected chi connectivity index (χ4v) is 3.75. The summed E-state index contributed by atoms with van der Waals surface area (Å²) >= 11 is 1.49. The van der Waals surface area contributed by atoms with Gasteiger partial charge in [-0.25, -0.2) is 4.79 Å². The molecule has 1 saturated heterocycles. The van der Waals surface area contributed by atoms with Crippen LogP contribution in [-0.2, 0) is 9.59 Å². The van der Waals surface area contributed by atoms with Crippen molar-refractivity contribution in [3.8, 4) is 0 Å². The fourth-order valence-electron chi connectivity index (χ4n) is 2.62. The molecule has 2 aliphatic heterocycles. The molecule has 3 unspecified atom stereocenters. The van der Waals surface area contributed by atoms with Crippen molar-refractivity contribution >= 4 is 23.6 Å². The van der Waals surface area contributed by atoms with Gasteiger partial charge in [0.25, 0.3) is 0 Å². The Kier molecular flexibility index (Phi) is 3.42. The number of carboxylic acid groups (broad SMARTS) is 1. The van der Waals surface area contributed by atoms with Crippen LogP contribution in [-0.4, -0.2) is 44.4 Å². The van der Waals surface area contributed by atoms with Gasteiger partial charge in [0.1, 0.15) is 5.70 Å². The summed E-state index contributed by atoms with van der Waals surface area (Å²) in [5.41, 5.74) is 0.112. The lowest BCUT2D eigenvalue weighted by Gasteiger charge is -2.44. The van der Waals surface area contributed by atoms with E-state index in [4.69, 9.17) is 0 Å². The van der Waals surface area contributed by atoms with Crippen LogP contribution in [0.15, 0.2) is 10.6 Å². The van der Waals surface area contributed by atoms with Gasteiger partial charge in [0.05, 0.1) is 18.1 Å². The number of thioether (sulfide) groups is 1. The second kappa shape index (κ2) is 4.59. The van der Waals surface area contributed by atoms with Gasteiger partial charge in [0.2, 0.25) is 5.91 Å². The Labute approximate surface area is 110 Å². The zero-order valence-corrected chi connectivity index (χ0v) is 11.4. The molecule has 0 aromatic carbocycles. The summed E-state index contributed by atoms with van der Waals surface area (Å²) < 4.78 is 0. The van der Waals surface area contributed by atoms with Gasteiger partial charge in [-0.1, -0.05) is 13.8 Å². The smallest absolute Gasteiger partial charge is 0.353 e. The number of aliphatic carboxylic acids is 1. The summed E-state index contributed by atoms with van der Waals surface area (Å²) in [6, 6.07) is -0.176. The summed E-state index contributed by atoms with van der Waals surface area (Å²) in [6.45, 7) is 5.55. The molecule has 5 nitrogen and oxygen atoms in total. The molecule has 2 aliphatic rings. The van der Waals surface area contributed by atoms with E-state index in [1.807, 2.05) is 13.8 Å². The third kappa shape index (κ3) is 1.93. The average molecular weight is 271 g/mol. The third-order valence-corrected chi connectivity index (χ3v) is 4.38. The number of nitrogens with zero attached hydrogens (tertiary/aromatic N) is 1. The van der Waals surface area contributed by atoms with Crippen molar-refractivity contribution in [3.63, 3.8) is 0 Å². The summed E-state index contributed by atoms with van der Waals surface area (Å²) in [5.74, 6) is -1.78. The van der Waals surface area contributed by atoms with E-state index >= 15 is 0 Å². The van der Waals surface area contributed by atoms with Crippen LogP contribution in [0.3, 0.4) is 0 Å². The molecule has 2 N–H and O–H groups in total. The highest BCUT2D eigenvalue weighted by Crippen LogP contribution is 2.47. The number of carbonyl (C=O) groups is 2. The minimum atomic E-state index is -1.06. The molecule has 0 aromatic heterocycles. The molecule has 0 aromatic rings. The van der Waals surface area contributed by atoms with Crippen LogP contribution in [0.5, 0.6) is 0 Å². The van der Waals surface area contributed by atoms with Gasteiger partial charge in [-0.2, -0.15) is 0 Å². The van der Waals surface area contributed by atoms with Gasteiger partial charge in [0, 0.05) is 16.6 Å². The summed E-state index contributed by atoms with van der Waals surface area (Å²) in [4.78, 5) is 25.3. The van der Waals surface area contributed by atoms with E-state index in [1.165, 1.54) is 16.7 Å². The summed E-state index contributed by atoms with van der Waals surface area (Å²) in [6.07, 6.45) is -0.177. The molecule has 0 aliphatic carbocycles. The zero-order chi connectivity index (χ0) is 13.6. The zero-order valence-electron chi connectivity index (χ0n) is 10.6. The Morgan fingerprint density at radius 3 is 2.50 bits per heavy atom. The van der Waals surface area contributed by atoms with E-state index in [2.05, 4.69) is 0 Å². The fraction of sp³-hybridized carbons (Fsp3) is 0.667. The maximum absolute atomic E-state index is 11.9. The van der Waals surface area contributed by atoms with Crippen molar-refractivity contribution in [1.29, 1.82) is 0 Å². The van der Waals surface area contributed by atoms with Crippen molar-refractivity contribution < 1.29 is 19.8 Å². The largest absolute Gasteiger partial charge is 0.477 e. The van der Waals surface area contributed by atoms with Crippen LogP contribution in [0.2, 0.25) is 0 Å². The van der Waals surface area contributed by atoms with Gasteiger partial charge in [-0.05, 0) is 6.92 Å². The molecule has 1 fully saturated rings. The molecular weight excluding hydrogens is 254 g/mol. The summed E-state index contributed by atoms with van der Waals surface area (Å²) in [5, 5.41) is 19.1. The van der Waals surface area contributed by atoms with Gasteiger partial charge in [-0.15, -0.1) is 11.8 Å².